The summed E-state index contributed by atoms with van der Waals surface area (Å²) in [6.07, 6.45) is 0.452. The summed E-state index contributed by atoms with van der Waals surface area (Å²) in [7, 11) is 0. The molecule has 0 spiro atoms. The quantitative estimate of drug-likeness (QED) is 0.833. The first kappa shape index (κ1) is 15.0. The number of nitrogens with zero attached hydrogens (tertiary/aromatic N) is 1. The van der Waals surface area contributed by atoms with E-state index in [1.165, 1.54) is 12.1 Å². The molecular weight excluding hydrogens is 284 g/mol. The van der Waals surface area contributed by atoms with Crippen LogP contribution in [0.15, 0.2) is 54.6 Å². The van der Waals surface area contributed by atoms with Gasteiger partial charge in [0.05, 0.1) is 4.99 Å². The highest BCUT2D eigenvalue weighted by Crippen LogP contribution is 2.18. The predicted molar refractivity (Wildman–Crippen MR) is 87.6 cm³/mol. The van der Waals surface area contributed by atoms with Crippen molar-refractivity contribution in [1.82, 2.24) is 0 Å². The Labute approximate surface area is 128 Å². The van der Waals surface area contributed by atoms with Crippen molar-refractivity contribution in [2.75, 3.05) is 11.4 Å². The number of anilines is 1. The molecule has 3 N–H and O–H groups in total. The number of nitrogens with two attached hydrogens (primary N) is 1. The average molecular weight is 300 g/mol. The van der Waals surface area contributed by atoms with Crippen molar-refractivity contribution in [3.63, 3.8) is 0 Å². The Bertz CT molecular complexity index is 626. The van der Waals surface area contributed by atoms with Gasteiger partial charge in [-0.15, -0.1) is 0 Å². The van der Waals surface area contributed by atoms with Gasteiger partial charge >= 0.3 is 0 Å². The second-order valence-electron chi connectivity index (χ2n) is 4.56. The Balaban J connectivity index is 2.28. The SMILES string of the molecule is NC(=S)CCN(C(=O)c1ccc(O)cc1)c1ccccc1. The minimum absolute atomic E-state index is 0.126. The van der Waals surface area contributed by atoms with E-state index in [2.05, 4.69) is 0 Å². The highest BCUT2D eigenvalue weighted by molar-refractivity contribution is 7.80. The molecule has 1 amide bonds. The number of carbonyl (C=O) groups excluding carboxylic acids is 1. The van der Waals surface area contributed by atoms with Gasteiger partial charge in [-0.25, -0.2) is 0 Å². The number of phenolic OH excluding ortho intramolecular Hbond substituents is 1. The Morgan fingerprint density at radius 3 is 2.29 bits per heavy atom. The molecule has 108 valence electrons. The van der Waals surface area contributed by atoms with E-state index in [1.807, 2.05) is 30.3 Å². The number of aromatic hydroxyl groups is 1. The van der Waals surface area contributed by atoms with Crippen LogP contribution in [-0.2, 0) is 0 Å². The molecule has 5 heteroatoms. The van der Waals surface area contributed by atoms with Crippen LogP contribution in [0.3, 0.4) is 0 Å². The van der Waals surface area contributed by atoms with Crippen molar-refractivity contribution in [2.24, 2.45) is 5.73 Å². The van der Waals surface area contributed by atoms with E-state index in [0.717, 1.165) is 5.69 Å². The van der Waals surface area contributed by atoms with E-state index in [4.69, 9.17) is 18.0 Å². The van der Waals surface area contributed by atoms with Crippen molar-refractivity contribution < 1.29 is 9.90 Å². The number of carbonyl (C=O) groups is 1. The van der Waals surface area contributed by atoms with E-state index in [9.17, 15) is 9.90 Å². The highest BCUT2D eigenvalue weighted by Gasteiger charge is 2.17. The third-order valence-corrected chi connectivity index (χ3v) is 3.21. The monoisotopic (exact) mass is 300 g/mol. The largest absolute Gasteiger partial charge is 0.508 e. The topological polar surface area (TPSA) is 66.6 Å². The maximum absolute atomic E-state index is 12.6. The fourth-order valence-electron chi connectivity index (χ4n) is 1.94. The lowest BCUT2D eigenvalue weighted by Crippen LogP contribution is -2.33. The van der Waals surface area contributed by atoms with Gasteiger partial charge in [0.15, 0.2) is 0 Å². The van der Waals surface area contributed by atoms with Gasteiger partial charge in [0.2, 0.25) is 0 Å². The Kier molecular flexibility index (Phi) is 4.90. The smallest absolute Gasteiger partial charge is 0.258 e. The summed E-state index contributed by atoms with van der Waals surface area (Å²) >= 11 is 4.89. The molecule has 0 unspecified atom stereocenters. The lowest BCUT2D eigenvalue weighted by Gasteiger charge is -2.22. The zero-order valence-electron chi connectivity index (χ0n) is 11.4. The van der Waals surface area contributed by atoms with Gasteiger partial charge in [0, 0.05) is 24.2 Å². The van der Waals surface area contributed by atoms with Crippen molar-refractivity contribution in [1.29, 1.82) is 0 Å². The normalized spacial score (nSPS) is 10.1. The van der Waals surface area contributed by atoms with E-state index >= 15 is 0 Å². The van der Waals surface area contributed by atoms with Gasteiger partial charge in [-0.3, -0.25) is 4.79 Å². The number of phenols is 1. The lowest BCUT2D eigenvalue weighted by molar-refractivity contribution is 0.0987. The number of rotatable bonds is 5. The number of thiocarbonyl (C=S) groups is 1. The molecule has 0 radical (unpaired) electrons. The molecule has 0 bridgehead atoms. The summed E-state index contributed by atoms with van der Waals surface area (Å²) in [6, 6.07) is 15.5. The highest BCUT2D eigenvalue weighted by atomic mass is 32.1. The van der Waals surface area contributed by atoms with Crippen LogP contribution < -0.4 is 10.6 Å². The molecular formula is C16H16N2O2S. The van der Waals surface area contributed by atoms with Gasteiger partial charge in [0.25, 0.3) is 5.91 Å². The van der Waals surface area contributed by atoms with Gasteiger partial charge < -0.3 is 15.7 Å². The van der Waals surface area contributed by atoms with Crippen LogP contribution in [-0.4, -0.2) is 22.5 Å². The second-order valence-corrected chi connectivity index (χ2v) is 5.08. The van der Waals surface area contributed by atoms with Crippen LogP contribution >= 0.6 is 12.2 Å². The number of amides is 1. The van der Waals surface area contributed by atoms with Gasteiger partial charge in [-0.2, -0.15) is 0 Å². The molecule has 0 fully saturated rings. The van der Waals surface area contributed by atoms with Gasteiger partial charge in [-0.1, -0.05) is 30.4 Å². The minimum Gasteiger partial charge on any atom is -0.508 e. The zero-order valence-corrected chi connectivity index (χ0v) is 12.2. The molecule has 2 aromatic carbocycles. The number of hydrogen-bond donors (Lipinski definition) is 2. The first-order valence-corrected chi connectivity index (χ1v) is 6.93. The van der Waals surface area contributed by atoms with Gasteiger partial charge in [-0.05, 0) is 36.4 Å². The predicted octanol–water partition coefficient (Wildman–Crippen LogP) is 2.72. The van der Waals surface area contributed by atoms with Crippen molar-refractivity contribution in [2.45, 2.75) is 6.42 Å². The molecule has 0 aliphatic heterocycles. The van der Waals surface area contributed by atoms with Gasteiger partial charge in [0.1, 0.15) is 5.75 Å². The number of para-hydroxylation sites is 1. The maximum Gasteiger partial charge on any atom is 0.258 e. The van der Waals surface area contributed by atoms with E-state index < -0.39 is 0 Å². The maximum atomic E-state index is 12.6. The summed E-state index contributed by atoms with van der Waals surface area (Å²) in [4.78, 5) is 14.6. The van der Waals surface area contributed by atoms with Crippen LogP contribution in [0.25, 0.3) is 0 Å². The molecule has 0 heterocycles. The standard InChI is InChI=1S/C16H16N2O2S/c17-15(21)10-11-18(13-4-2-1-3-5-13)16(20)12-6-8-14(19)9-7-12/h1-9,19H,10-11H2,(H2,17,21). The molecule has 0 aliphatic rings. The van der Waals surface area contributed by atoms with Crippen LogP contribution in [0.4, 0.5) is 5.69 Å². The van der Waals surface area contributed by atoms with Crippen molar-refractivity contribution in [3.8, 4) is 5.75 Å². The Morgan fingerprint density at radius 1 is 1.10 bits per heavy atom. The van der Waals surface area contributed by atoms with Crippen molar-refractivity contribution in [3.05, 3.63) is 60.2 Å². The number of benzene rings is 2. The summed E-state index contributed by atoms with van der Waals surface area (Å²) in [5, 5.41) is 9.31. The first-order valence-electron chi connectivity index (χ1n) is 6.52. The molecule has 4 nitrogen and oxygen atoms in total. The molecule has 0 aromatic heterocycles. The first-order chi connectivity index (χ1) is 10.1. The molecule has 0 aliphatic carbocycles. The van der Waals surface area contributed by atoms with Crippen LogP contribution in [0.2, 0.25) is 0 Å². The minimum atomic E-state index is -0.155. The molecule has 21 heavy (non-hydrogen) atoms. The fraction of sp³-hybridized carbons (Fsp3) is 0.125. The van der Waals surface area contributed by atoms with E-state index in [-0.39, 0.29) is 11.7 Å². The fourth-order valence-corrected chi connectivity index (χ4v) is 2.03. The molecule has 0 saturated heterocycles. The zero-order chi connectivity index (χ0) is 15.2. The molecule has 0 atom stereocenters. The van der Waals surface area contributed by atoms with E-state index in [1.54, 1.807) is 17.0 Å². The third kappa shape index (κ3) is 4.03. The molecule has 2 rings (SSSR count). The van der Waals surface area contributed by atoms with Crippen LogP contribution in [0.5, 0.6) is 5.75 Å². The second kappa shape index (κ2) is 6.85. The average Bonchev–Trinajstić information content (AvgIpc) is 2.49. The number of hydrogen-bond acceptors (Lipinski definition) is 3. The summed E-state index contributed by atoms with van der Waals surface area (Å²) in [5.41, 5.74) is 6.82. The summed E-state index contributed by atoms with van der Waals surface area (Å²) in [6.45, 7) is 0.416. The van der Waals surface area contributed by atoms with E-state index in [0.29, 0.717) is 23.5 Å². The lowest BCUT2D eigenvalue weighted by atomic mass is 10.1. The third-order valence-electron chi connectivity index (χ3n) is 3.01. The van der Waals surface area contributed by atoms with Crippen LogP contribution in [0, 0.1) is 0 Å². The van der Waals surface area contributed by atoms with Crippen LogP contribution in [0.1, 0.15) is 16.8 Å². The Morgan fingerprint density at radius 2 is 1.71 bits per heavy atom. The Hall–Kier alpha value is -2.40. The summed E-state index contributed by atoms with van der Waals surface area (Å²) < 4.78 is 0. The molecule has 2 aromatic rings. The molecule has 0 saturated carbocycles. The van der Waals surface area contributed by atoms with Crippen molar-refractivity contribution >= 4 is 28.8 Å². The summed E-state index contributed by atoms with van der Waals surface area (Å²) in [5.74, 6) is -0.0293.